The van der Waals surface area contributed by atoms with Crippen LogP contribution in [-0.2, 0) is 45.3 Å². The van der Waals surface area contributed by atoms with E-state index in [1.54, 1.807) is 45.0 Å². The first-order chi connectivity index (χ1) is 25.2. The number of rotatable bonds is 18. The number of hydrogen-bond acceptors (Lipinski definition) is 10. The molecule has 2 rings (SSSR count). The smallest absolute Gasteiger partial charge is 0.408 e. The van der Waals surface area contributed by atoms with Crippen LogP contribution >= 0.6 is 0 Å². The normalized spacial score (nSPS) is 14.1. The lowest BCUT2D eigenvalue weighted by molar-refractivity contribution is -0.148. The van der Waals surface area contributed by atoms with Gasteiger partial charge in [0.05, 0.1) is 4.90 Å². The van der Waals surface area contributed by atoms with Crippen molar-refractivity contribution in [3.05, 3.63) is 65.7 Å². The van der Waals surface area contributed by atoms with Crippen LogP contribution in [0.3, 0.4) is 0 Å². The van der Waals surface area contributed by atoms with E-state index in [0.29, 0.717) is 0 Å². The molecule has 54 heavy (non-hydrogen) atoms. The third kappa shape index (κ3) is 16.7. The SMILES string of the molecule is Cc1ccc(S(=O)(=O)NC(N)=NCCC[C@H](NC(=O)OC(C)(C)C)C(=O)N[C@H](C)C(=O)N[C@@H](CC(C)C)C(=O)N[C@H](C)C(=O)OCc2ccccc2)cc1. The van der Waals surface area contributed by atoms with E-state index in [1.165, 1.54) is 26.0 Å². The van der Waals surface area contributed by atoms with Gasteiger partial charge in [-0.3, -0.25) is 19.4 Å². The van der Waals surface area contributed by atoms with E-state index in [9.17, 15) is 32.4 Å². The Kier molecular flexibility index (Phi) is 17.4. The number of hydrogen-bond donors (Lipinski definition) is 6. The molecule has 0 unspecified atom stereocenters. The number of nitrogens with two attached hydrogens (primary N) is 1. The molecule has 0 heterocycles. The first kappa shape index (κ1) is 45.0. The molecule has 16 nitrogen and oxygen atoms in total. The standard InChI is InChI=1S/C37H55N7O9S/c1-23(2)21-30(33(47)41-26(5)34(48)52-22-27-13-10-9-11-14-27)42-31(45)25(4)40-32(46)29(43-36(49)53-37(6,7)8)15-12-20-39-35(38)44-54(50,51)28-18-16-24(3)17-19-28/h9-11,13-14,16-19,23,25-26,29-30H,12,15,20-22H2,1-8H3,(H,40,46)(H,41,47)(H,42,45)(H,43,49)(H3,38,39,44)/t25-,26-,29+,30+/m1/s1. The van der Waals surface area contributed by atoms with Crippen LogP contribution in [-0.4, -0.2) is 80.5 Å². The Morgan fingerprint density at radius 2 is 1.39 bits per heavy atom. The molecule has 2 aromatic rings. The van der Waals surface area contributed by atoms with Crippen LogP contribution in [0.15, 0.2) is 64.5 Å². The van der Waals surface area contributed by atoms with Crippen LogP contribution < -0.4 is 31.7 Å². The first-order valence-electron chi connectivity index (χ1n) is 17.7. The van der Waals surface area contributed by atoms with Crippen LogP contribution in [0.2, 0.25) is 0 Å². The van der Waals surface area contributed by atoms with Gasteiger partial charge < -0.3 is 36.5 Å². The van der Waals surface area contributed by atoms with Crippen molar-refractivity contribution in [3.8, 4) is 0 Å². The Hall–Kier alpha value is -5.19. The minimum Gasteiger partial charge on any atom is -0.459 e. The van der Waals surface area contributed by atoms with Gasteiger partial charge in [0.15, 0.2) is 0 Å². The molecule has 298 valence electrons. The predicted octanol–water partition coefficient (Wildman–Crippen LogP) is 2.55. The van der Waals surface area contributed by atoms with Gasteiger partial charge in [0.1, 0.15) is 36.4 Å². The number of aliphatic imine (C=N–C) groups is 1. The number of guanidine groups is 1. The van der Waals surface area contributed by atoms with E-state index < -0.39 is 69.6 Å². The number of benzene rings is 2. The molecular weight excluding hydrogens is 719 g/mol. The summed E-state index contributed by atoms with van der Waals surface area (Å²) in [6.45, 7) is 13.4. The Balaban J connectivity index is 2.04. The second-order valence-electron chi connectivity index (χ2n) is 14.3. The third-order valence-electron chi connectivity index (χ3n) is 7.54. The van der Waals surface area contributed by atoms with E-state index >= 15 is 0 Å². The van der Waals surface area contributed by atoms with Gasteiger partial charge in [0, 0.05) is 6.54 Å². The zero-order valence-corrected chi connectivity index (χ0v) is 33.0. The predicted molar refractivity (Wildman–Crippen MR) is 203 cm³/mol. The molecule has 0 fully saturated rings. The highest BCUT2D eigenvalue weighted by Crippen LogP contribution is 2.11. The van der Waals surface area contributed by atoms with Gasteiger partial charge in [-0.25, -0.2) is 22.7 Å². The summed E-state index contributed by atoms with van der Waals surface area (Å²) < 4.78 is 38.1. The van der Waals surface area contributed by atoms with Crippen molar-refractivity contribution in [1.82, 2.24) is 26.0 Å². The number of ether oxygens (including phenoxy) is 2. The van der Waals surface area contributed by atoms with Gasteiger partial charge in [0.25, 0.3) is 10.0 Å². The number of alkyl carbamates (subject to hydrolysis) is 1. The van der Waals surface area contributed by atoms with Gasteiger partial charge in [-0.05, 0) is 84.4 Å². The lowest BCUT2D eigenvalue weighted by Crippen LogP contribution is -2.57. The summed E-state index contributed by atoms with van der Waals surface area (Å²) in [5, 5.41) is 10.3. The quantitative estimate of drug-likeness (QED) is 0.0561. The highest BCUT2D eigenvalue weighted by molar-refractivity contribution is 7.90. The monoisotopic (exact) mass is 773 g/mol. The Labute approximate surface area is 317 Å². The van der Waals surface area contributed by atoms with Crippen LogP contribution in [0.25, 0.3) is 0 Å². The maximum absolute atomic E-state index is 13.4. The fraction of sp³-hybridized carbons (Fsp3) is 0.514. The fourth-order valence-electron chi connectivity index (χ4n) is 4.77. The molecule has 0 aromatic heterocycles. The van der Waals surface area contributed by atoms with Crippen LogP contribution in [0, 0.1) is 12.8 Å². The number of carbonyl (C=O) groups is 5. The average molecular weight is 774 g/mol. The Bertz CT molecular complexity index is 1710. The zero-order chi connectivity index (χ0) is 40.6. The summed E-state index contributed by atoms with van der Waals surface area (Å²) in [6, 6.07) is 10.8. The van der Waals surface area contributed by atoms with Crippen LogP contribution in [0.1, 0.15) is 78.9 Å². The molecule has 2 aromatic carbocycles. The number of carbonyl (C=O) groups excluding carboxylic acids is 5. The van der Waals surface area contributed by atoms with E-state index in [1.807, 2.05) is 39.0 Å². The number of esters is 1. The Morgan fingerprint density at radius 1 is 0.796 bits per heavy atom. The maximum Gasteiger partial charge on any atom is 0.408 e. The van der Waals surface area contributed by atoms with Gasteiger partial charge in [-0.2, -0.15) is 0 Å². The van der Waals surface area contributed by atoms with Crippen LogP contribution in [0.5, 0.6) is 0 Å². The lowest BCUT2D eigenvalue weighted by Gasteiger charge is -2.26. The van der Waals surface area contributed by atoms with Crippen molar-refractivity contribution in [2.24, 2.45) is 16.6 Å². The summed E-state index contributed by atoms with van der Waals surface area (Å²) in [5.74, 6) is -3.05. The average Bonchev–Trinajstić information content (AvgIpc) is 3.07. The molecule has 0 aliphatic rings. The number of aryl methyl sites for hydroxylation is 1. The zero-order valence-electron chi connectivity index (χ0n) is 32.2. The Morgan fingerprint density at radius 3 is 1.98 bits per heavy atom. The van der Waals surface area contributed by atoms with E-state index in [0.717, 1.165) is 11.1 Å². The van der Waals surface area contributed by atoms with Crippen molar-refractivity contribution >= 4 is 45.8 Å². The number of nitrogens with zero attached hydrogens (tertiary/aromatic N) is 1. The molecule has 17 heteroatoms. The third-order valence-corrected chi connectivity index (χ3v) is 8.91. The molecule has 7 N–H and O–H groups in total. The number of nitrogens with one attached hydrogen (secondary N) is 5. The first-order valence-corrected chi connectivity index (χ1v) is 19.2. The molecule has 0 radical (unpaired) electrons. The van der Waals surface area contributed by atoms with Gasteiger partial charge in [-0.1, -0.05) is 61.9 Å². The summed E-state index contributed by atoms with van der Waals surface area (Å²) in [5.41, 5.74) is 6.61. The molecular formula is C37H55N7O9S. The molecule has 0 spiro atoms. The highest BCUT2D eigenvalue weighted by Gasteiger charge is 2.30. The molecule has 4 amide bonds. The minimum absolute atomic E-state index is 0.00708. The topological polar surface area (TPSA) is 236 Å². The minimum atomic E-state index is -3.97. The van der Waals surface area contributed by atoms with Gasteiger partial charge in [0.2, 0.25) is 23.7 Å². The number of amides is 4. The lowest BCUT2D eigenvalue weighted by atomic mass is 10.0. The van der Waals surface area contributed by atoms with Crippen molar-refractivity contribution in [1.29, 1.82) is 0 Å². The van der Waals surface area contributed by atoms with Crippen LogP contribution in [0.4, 0.5) is 4.79 Å². The summed E-state index contributed by atoms with van der Waals surface area (Å²) in [7, 11) is -3.97. The van der Waals surface area contributed by atoms with E-state index in [-0.39, 0.29) is 49.2 Å². The molecule has 0 aliphatic carbocycles. The van der Waals surface area contributed by atoms with Gasteiger partial charge in [-0.15, -0.1) is 0 Å². The second kappa shape index (κ2) is 20.9. The molecule has 4 atom stereocenters. The maximum atomic E-state index is 13.4. The molecule has 0 saturated carbocycles. The van der Waals surface area contributed by atoms with Crippen molar-refractivity contribution < 1.29 is 41.9 Å². The second-order valence-corrected chi connectivity index (χ2v) is 16.0. The molecule has 0 bridgehead atoms. The van der Waals surface area contributed by atoms with Gasteiger partial charge >= 0.3 is 12.1 Å². The van der Waals surface area contributed by atoms with Crippen molar-refractivity contribution in [2.45, 2.75) is 116 Å². The fourth-order valence-corrected chi connectivity index (χ4v) is 5.72. The van der Waals surface area contributed by atoms with Crippen molar-refractivity contribution in [3.63, 3.8) is 0 Å². The van der Waals surface area contributed by atoms with Crippen molar-refractivity contribution in [2.75, 3.05) is 6.54 Å². The largest absolute Gasteiger partial charge is 0.459 e. The highest BCUT2D eigenvalue weighted by atomic mass is 32.2. The summed E-state index contributed by atoms with van der Waals surface area (Å²) in [4.78, 5) is 69.1. The number of sulfonamides is 1. The molecule has 0 saturated heterocycles. The summed E-state index contributed by atoms with van der Waals surface area (Å²) in [6.07, 6.45) is -0.460. The summed E-state index contributed by atoms with van der Waals surface area (Å²) >= 11 is 0. The van der Waals surface area contributed by atoms with E-state index in [2.05, 4.69) is 31.0 Å². The molecule has 0 aliphatic heterocycles. The van der Waals surface area contributed by atoms with E-state index in [4.69, 9.17) is 15.2 Å².